The number of hydrogen-bond donors (Lipinski definition) is 0. The molecule has 0 saturated carbocycles. The summed E-state index contributed by atoms with van der Waals surface area (Å²) in [6.45, 7) is 8.22. The van der Waals surface area contributed by atoms with E-state index in [1.807, 2.05) is 27.8 Å². The van der Waals surface area contributed by atoms with Gasteiger partial charge in [-0.2, -0.15) is 0 Å². The van der Waals surface area contributed by atoms with Crippen LogP contribution < -0.4 is 0 Å². The minimum Gasteiger partial charge on any atom is -0.466 e. The summed E-state index contributed by atoms with van der Waals surface area (Å²) in [5.74, 6) is 0.0943. The lowest BCUT2D eigenvalue weighted by Gasteiger charge is -2.08. The molecule has 1 saturated heterocycles. The van der Waals surface area contributed by atoms with Gasteiger partial charge in [0.05, 0.1) is 12.5 Å². The summed E-state index contributed by atoms with van der Waals surface area (Å²) < 4.78 is 4.91. The SMILES string of the molecule is CC.CCOC(=O)C1CCN(C)C1. The predicted molar refractivity (Wildman–Crippen MR) is 53.6 cm³/mol. The fourth-order valence-corrected chi connectivity index (χ4v) is 1.39. The lowest BCUT2D eigenvalue weighted by atomic mass is 10.1. The van der Waals surface area contributed by atoms with E-state index >= 15 is 0 Å². The van der Waals surface area contributed by atoms with Crippen molar-refractivity contribution in [2.75, 3.05) is 26.7 Å². The zero-order valence-corrected chi connectivity index (χ0v) is 9.17. The van der Waals surface area contributed by atoms with Crippen LogP contribution in [0.2, 0.25) is 0 Å². The highest BCUT2D eigenvalue weighted by atomic mass is 16.5. The smallest absolute Gasteiger partial charge is 0.310 e. The normalized spacial score (nSPS) is 22.0. The molecule has 0 radical (unpaired) electrons. The van der Waals surface area contributed by atoms with Crippen molar-refractivity contribution in [3.63, 3.8) is 0 Å². The van der Waals surface area contributed by atoms with Gasteiger partial charge in [0, 0.05) is 6.54 Å². The first kappa shape index (κ1) is 12.4. The molecule has 3 nitrogen and oxygen atoms in total. The maximum absolute atomic E-state index is 11.1. The highest BCUT2D eigenvalue weighted by molar-refractivity contribution is 5.73. The second-order valence-electron chi connectivity index (χ2n) is 3.00. The molecular formula is C10H21NO2. The average molecular weight is 187 g/mol. The molecule has 0 amide bonds. The molecule has 0 aromatic heterocycles. The molecule has 0 spiro atoms. The van der Waals surface area contributed by atoms with Gasteiger partial charge >= 0.3 is 5.97 Å². The van der Waals surface area contributed by atoms with Crippen molar-refractivity contribution in [1.82, 2.24) is 4.90 Å². The zero-order valence-electron chi connectivity index (χ0n) is 9.17. The number of ether oxygens (including phenoxy) is 1. The van der Waals surface area contributed by atoms with Crippen molar-refractivity contribution in [1.29, 1.82) is 0 Å². The molecule has 13 heavy (non-hydrogen) atoms. The molecule has 1 atom stereocenters. The number of carbonyl (C=O) groups excluding carboxylic acids is 1. The summed E-state index contributed by atoms with van der Waals surface area (Å²) in [6.07, 6.45) is 0.954. The van der Waals surface area contributed by atoms with E-state index in [1.54, 1.807) is 0 Å². The Morgan fingerprint density at radius 3 is 2.54 bits per heavy atom. The topological polar surface area (TPSA) is 29.5 Å². The minimum absolute atomic E-state index is 0.0307. The molecule has 1 rings (SSSR count). The molecule has 78 valence electrons. The molecule has 0 N–H and O–H groups in total. The standard InChI is InChI=1S/C8H15NO2.C2H6/c1-3-11-8(10)7-4-5-9(2)6-7;1-2/h7H,3-6H2,1-2H3;1-2H3. The molecule has 1 unspecified atom stereocenters. The van der Waals surface area contributed by atoms with Crippen LogP contribution in [0.1, 0.15) is 27.2 Å². The van der Waals surface area contributed by atoms with Crippen LogP contribution in [0.25, 0.3) is 0 Å². The van der Waals surface area contributed by atoms with Crippen LogP contribution in [0.5, 0.6) is 0 Å². The van der Waals surface area contributed by atoms with Gasteiger partial charge in [-0.15, -0.1) is 0 Å². The minimum atomic E-state index is -0.0307. The van der Waals surface area contributed by atoms with Crippen molar-refractivity contribution in [3.8, 4) is 0 Å². The van der Waals surface area contributed by atoms with Gasteiger partial charge in [-0.3, -0.25) is 4.79 Å². The van der Waals surface area contributed by atoms with E-state index in [0.29, 0.717) is 6.61 Å². The summed E-state index contributed by atoms with van der Waals surface area (Å²) in [5, 5.41) is 0. The monoisotopic (exact) mass is 187 g/mol. The van der Waals surface area contributed by atoms with E-state index in [0.717, 1.165) is 19.5 Å². The van der Waals surface area contributed by atoms with Gasteiger partial charge in [-0.05, 0) is 26.9 Å². The van der Waals surface area contributed by atoms with Gasteiger partial charge in [0.2, 0.25) is 0 Å². The van der Waals surface area contributed by atoms with Gasteiger partial charge < -0.3 is 9.64 Å². The first-order valence-electron chi connectivity index (χ1n) is 5.09. The fraction of sp³-hybridized carbons (Fsp3) is 0.900. The third-order valence-electron chi connectivity index (χ3n) is 2.01. The van der Waals surface area contributed by atoms with Crippen molar-refractivity contribution in [2.24, 2.45) is 5.92 Å². The number of hydrogen-bond acceptors (Lipinski definition) is 3. The quantitative estimate of drug-likeness (QED) is 0.614. The summed E-state index contributed by atoms with van der Waals surface area (Å²) in [6, 6.07) is 0. The van der Waals surface area contributed by atoms with E-state index in [9.17, 15) is 4.79 Å². The van der Waals surface area contributed by atoms with Crippen molar-refractivity contribution < 1.29 is 9.53 Å². The number of likely N-dealkylation sites (tertiary alicyclic amines) is 1. The molecule has 0 bridgehead atoms. The Labute approximate surface area is 81.1 Å². The van der Waals surface area contributed by atoms with Crippen molar-refractivity contribution in [3.05, 3.63) is 0 Å². The summed E-state index contributed by atoms with van der Waals surface area (Å²) in [5.41, 5.74) is 0. The highest BCUT2D eigenvalue weighted by Crippen LogP contribution is 2.15. The molecule has 0 aliphatic carbocycles. The van der Waals surface area contributed by atoms with E-state index in [2.05, 4.69) is 4.90 Å². The average Bonchev–Trinajstić information content (AvgIpc) is 2.56. The highest BCUT2D eigenvalue weighted by Gasteiger charge is 2.26. The van der Waals surface area contributed by atoms with Crippen LogP contribution in [0.15, 0.2) is 0 Å². The molecule has 1 heterocycles. The molecular weight excluding hydrogens is 166 g/mol. The largest absolute Gasteiger partial charge is 0.466 e. The molecule has 3 heteroatoms. The Morgan fingerprint density at radius 2 is 2.15 bits per heavy atom. The van der Waals surface area contributed by atoms with E-state index in [1.165, 1.54) is 0 Å². The second-order valence-corrected chi connectivity index (χ2v) is 3.00. The maximum Gasteiger partial charge on any atom is 0.310 e. The van der Waals surface area contributed by atoms with E-state index < -0.39 is 0 Å². The van der Waals surface area contributed by atoms with Gasteiger partial charge in [-0.1, -0.05) is 13.8 Å². The third kappa shape index (κ3) is 4.27. The number of rotatable bonds is 2. The Bertz CT molecular complexity index is 148. The van der Waals surface area contributed by atoms with Crippen LogP contribution in [0.3, 0.4) is 0 Å². The summed E-state index contributed by atoms with van der Waals surface area (Å²) in [7, 11) is 2.03. The van der Waals surface area contributed by atoms with Crippen LogP contribution in [0.4, 0.5) is 0 Å². The molecule has 0 aromatic carbocycles. The fourth-order valence-electron chi connectivity index (χ4n) is 1.39. The third-order valence-corrected chi connectivity index (χ3v) is 2.01. The van der Waals surface area contributed by atoms with E-state index in [-0.39, 0.29) is 11.9 Å². The lowest BCUT2D eigenvalue weighted by Crippen LogP contribution is -2.21. The van der Waals surface area contributed by atoms with Crippen LogP contribution in [0, 0.1) is 5.92 Å². The van der Waals surface area contributed by atoms with Gasteiger partial charge in [0.15, 0.2) is 0 Å². The van der Waals surface area contributed by atoms with Gasteiger partial charge in [-0.25, -0.2) is 0 Å². The Kier molecular flexibility index (Phi) is 6.59. The second kappa shape index (κ2) is 6.89. The Morgan fingerprint density at radius 1 is 1.54 bits per heavy atom. The van der Waals surface area contributed by atoms with Crippen LogP contribution in [-0.2, 0) is 9.53 Å². The van der Waals surface area contributed by atoms with E-state index in [4.69, 9.17) is 4.74 Å². The Balaban J connectivity index is 0.000000671. The lowest BCUT2D eigenvalue weighted by molar-refractivity contribution is -0.147. The molecule has 1 aliphatic rings. The van der Waals surface area contributed by atoms with Crippen LogP contribution >= 0.6 is 0 Å². The molecule has 1 fully saturated rings. The number of esters is 1. The van der Waals surface area contributed by atoms with Crippen molar-refractivity contribution in [2.45, 2.75) is 27.2 Å². The first-order valence-corrected chi connectivity index (χ1v) is 5.09. The number of nitrogens with zero attached hydrogens (tertiary/aromatic N) is 1. The zero-order chi connectivity index (χ0) is 10.3. The molecule has 1 aliphatic heterocycles. The van der Waals surface area contributed by atoms with Gasteiger partial charge in [0.25, 0.3) is 0 Å². The van der Waals surface area contributed by atoms with Crippen molar-refractivity contribution >= 4 is 5.97 Å². The maximum atomic E-state index is 11.1. The Hall–Kier alpha value is -0.570. The first-order chi connectivity index (χ1) is 6.24. The van der Waals surface area contributed by atoms with Crippen LogP contribution in [-0.4, -0.2) is 37.6 Å². The molecule has 0 aromatic rings. The summed E-state index contributed by atoms with van der Waals surface area (Å²) >= 11 is 0. The van der Waals surface area contributed by atoms with Gasteiger partial charge in [0.1, 0.15) is 0 Å². The predicted octanol–water partition coefficient (Wildman–Crippen LogP) is 1.53. The number of carbonyl (C=O) groups is 1. The summed E-state index contributed by atoms with van der Waals surface area (Å²) in [4.78, 5) is 13.3.